The second-order valence-corrected chi connectivity index (χ2v) is 5.11. The van der Waals surface area contributed by atoms with E-state index in [0.29, 0.717) is 29.1 Å². The molecule has 0 aliphatic carbocycles. The van der Waals surface area contributed by atoms with Crippen molar-refractivity contribution >= 4 is 11.6 Å². The van der Waals surface area contributed by atoms with Gasteiger partial charge in [0.2, 0.25) is 0 Å². The highest BCUT2D eigenvalue weighted by molar-refractivity contribution is 5.94. The van der Waals surface area contributed by atoms with E-state index in [4.69, 9.17) is 10.3 Å². The Morgan fingerprint density at radius 3 is 3.05 bits per heavy atom. The van der Waals surface area contributed by atoms with Crippen molar-refractivity contribution in [3.05, 3.63) is 47.2 Å². The molecule has 0 aliphatic rings. The van der Waals surface area contributed by atoms with Crippen LogP contribution in [0.5, 0.6) is 0 Å². The molecule has 0 aliphatic heterocycles. The van der Waals surface area contributed by atoms with Gasteiger partial charge in [0.25, 0.3) is 5.91 Å². The Kier molecular flexibility index (Phi) is 3.60. The first-order valence-corrected chi connectivity index (χ1v) is 6.83. The van der Waals surface area contributed by atoms with Crippen molar-refractivity contribution in [2.45, 2.75) is 26.4 Å². The van der Waals surface area contributed by atoms with Gasteiger partial charge in [-0.15, -0.1) is 0 Å². The second kappa shape index (κ2) is 5.57. The van der Waals surface area contributed by atoms with Crippen LogP contribution in [0, 0.1) is 6.92 Å². The molecular weight excluding hydrogens is 284 g/mol. The van der Waals surface area contributed by atoms with Gasteiger partial charge in [0.1, 0.15) is 11.8 Å². The highest BCUT2D eigenvalue weighted by atomic mass is 16.5. The van der Waals surface area contributed by atoms with E-state index >= 15 is 0 Å². The molecule has 0 saturated carbocycles. The summed E-state index contributed by atoms with van der Waals surface area (Å²) in [4.78, 5) is 16.4. The van der Waals surface area contributed by atoms with Crippen LogP contribution in [0.3, 0.4) is 0 Å². The number of aromatic nitrogens is 4. The third kappa shape index (κ3) is 2.68. The lowest BCUT2D eigenvalue weighted by Crippen LogP contribution is -2.23. The molecule has 1 atom stereocenters. The van der Waals surface area contributed by atoms with Gasteiger partial charge in [-0.2, -0.15) is 5.10 Å². The molecule has 1 amide bonds. The number of nitrogens with two attached hydrogens (primary N) is 1. The molecule has 0 bridgehead atoms. The van der Waals surface area contributed by atoms with Gasteiger partial charge in [-0.25, -0.2) is 9.50 Å². The van der Waals surface area contributed by atoms with Crippen LogP contribution in [0.15, 0.2) is 29.2 Å². The minimum absolute atomic E-state index is 0.103. The van der Waals surface area contributed by atoms with E-state index in [9.17, 15) is 4.79 Å². The van der Waals surface area contributed by atoms with E-state index in [1.165, 1.54) is 6.26 Å². The standard InChI is InChI=1S/C14H16N6O2/c1-8(15)10-3-13-18-11(6-20(13)17-4-10)5-16-14(21)12-7-22-19-9(12)2/h3-4,6-8H,5,15H2,1-2H3,(H,16,21). The molecule has 0 spiro atoms. The molecule has 8 nitrogen and oxygen atoms in total. The Labute approximate surface area is 126 Å². The highest BCUT2D eigenvalue weighted by Crippen LogP contribution is 2.11. The number of nitrogens with one attached hydrogen (secondary N) is 1. The van der Waals surface area contributed by atoms with Gasteiger partial charge in [-0.05, 0) is 25.5 Å². The molecule has 3 aromatic heterocycles. The average Bonchev–Trinajstić information content (AvgIpc) is 3.09. The van der Waals surface area contributed by atoms with Gasteiger partial charge in [-0.3, -0.25) is 4.79 Å². The fourth-order valence-corrected chi connectivity index (χ4v) is 2.05. The molecule has 8 heteroatoms. The molecule has 3 N–H and O–H groups in total. The zero-order chi connectivity index (χ0) is 15.7. The predicted octanol–water partition coefficient (Wildman–Crippen LogP) is 0.975. The minimum atomic E-state index is -0.250. The summed E-state index contributed by atoms with van der Waals surface area (Å²) < 4.78 is 6.40. The average molecular weight is 300 g/mol. The van der Waals surface area contributed by atoms with E-state index in [1.54, 1.807) is 23.8 Å². The maximum atomic E-state index is 12.0. The smallest absolute Gasteiger partial charge is 0.256 e. The number of imidazole rings is 1. The van der Waals surface area contributed by atoms with Crippen LogP contribution in [0.4, 0.5) is 0 Å². The summed E-state index contributed by atoms with van der Waals surface area (Å²) in [6.07, 6.45) is 4.80. The first-order chi connectivity index (χ1) is 10.5. The van der Waals surface area contributed by atoms with Gasteiger partial charge >= 0.3 is 0 Å². The fourth-order valence-electron chi connectivity index (χ4n) is 2.05. The van der Waals surface area contributed by atoms with Gasteiger partial charge in [0.15, 0.2) is 5.65 Å². The maximum absolute atomic E-state index is 12.0. The molecule has 3 aromatic rings. The lowest BCUT2D eigenvalue weighted by atomic mass is 10.2. The molecule has 3 rings (SSSR count). The zero-order valence-corrected chi connectivity index (χ0v) is 12.3. The van der Waals surface area contributed by atoms with Gasteiger partial charge in [0, 0.05) is 6.04 Å². The largest absolute Gasteiger partial charge is 0.364 e. The number of rotatable bonds is 4. The number of nitrogens with zero attached hydrogens (tertiary/aromatic N) is 4. The summed E-state index contributed by atoms with van der Waals surface area (Å²) >= 11 is 0. The van der Waals surface area contributed by atoms with Crippen molar-refractivity contribution in [1.82, 2.24) is 25.1 Å². The Morgan fingerprint density at radius 1 is 1.55 bits per heavy atom. The number of fused-ring (bicyclic) bond motifs is 1. The summed E-state index contributed by atoms with van der Waals surface area (Å²) in [7, 11) is 0. The van der Waals surface area contributed by atoms with Crippen LogP contribution >= 0.6 is 0 Å². The number of hydrogen-bond acceptors (Lipinski definition) is 6. The Bertz CT molecular complexity index is 820. The number of aryl methyl sites for hydroxylation is 1. The molecule has 0 aromatic carbocycles. The van der Waals surface area contributed by atoms with Crippen molar-refractivity contribution in [3.63, 3.8) is 0 Å². The lowest BCUT2D eigenvalue weighted by molar-refractivity contribution is 0.0949. The van der Waals surface area contributed by atoms with E-state index in [-0.39, 0.29) is 11.9 Å². The maximum Gasteiger partial charge on any atom is 0.256 e. The molecule has 22 heavy (non-hydrogen) atoms. The zero-order valence-electron chi connectivity index (χ0n) is 12.3. The van der Waals surface area contributed by atoms with E-state index in [2.05, 4.69) is 20.6 Å². The summed E-state index contributed by atoms with van der Waals surface area (Å²) in [6.45, 7) is 3.89. The molecule has 0 fully saturated rings. The van der Waals surface area contributed by atoms with Gasteiger partial charge in [0.05, 0.1) is 30.3 Å². The van der Waals surface area contributed by atoms with Crippen molar-refractivity contribution in [3.8, 4) is 0 Å². The Balaban J connectivity index is 1.74. The van der Waals surface area contributed by atoms with Crippen LogP contribution in [-0.2, 0) is 6.54 Å². The van der Waals surface area contributed by atoms with Crippen molar-refractivity contribution < 1.29 is 9.32 Å². The summed E-state index contributed by atoms with van der Waals surface area (Å²) in [5.41, 5.74) is 9.11. The first-order valence-electron chi connectivity index (χ1n) is 6.83. The predicted molar refractivity (Wildman–Crippen MR) is 78.0 cm³/mol. The Hall–Kier alpha value is -2.74. The quantitative estimate of drug-likeness (QED) is 0.742. The summed E-state index contributed by atoms with van der Waals surface area (Å²) in [5.74, 6) is -0.250. The minimum Gasteiger partial charge on any atom is -0.364 e. The Morgan fingerprint density at radius 2 is 2.36 bits per heavy atom. The van der Waals surface area contributed by atoms with Crippen molar-refractivity contribution in [1.29, 1.82) is 0 Å². The van der Waals surface area contributed by atoms with Crippen LogP contribution in [-0.4, -0.2) is 25.7 Å². The second-order valence-electron chi connectivity index (χ2n) is 5.11. The molecule has 3 heterocycles. The summed E-state index contributed by atoms with van der Waals surface area (Å²) in [6, 6.07) is 1.78. The molecule has 114 valence electrons. The van der Waals surface area contributed by atoms with E-state index in [1.807, 2.05) is 13.0 Å². The molecular formula is C14H16N6O2. The third-order valence-corrected chi connectivity index (χ3v) is 3.34. The monoisotopic (exact) mass is 300 g/mol. The van der Waals surface area contributed by atoms with Crippen molar-refractivity contribution in [2.75, 3.05) is 0 Å². The fraction of sp³-hybridized carbons (Fsp3) is 0.286. The third-order valence-electron chi connectivity index (χ3n) is 3.34. The van der Waals surface area contributed by atoms with Crippen molar-refractivity contribution in [2.24, 2.45) is 5.73 Å². The van der Waals surface area contributed by atoms with Gasteiger partial charge < -0.3 is 15.6 Å². The number of amides is 1. The van der Waals surface area contributed by atoms with Crippen LogP contribution in [0.1, 0.15) is 40.3 Å². The summed E-state index contributed by atoms with van der Waals surface area (Å²) in [5, 5.41) is 10.7. The van der Waals surface area contributed by atoms with E-state index < -0.39 is 0 Å². The van der Waals surface area contributed by atoms with Gasteiger partial charge in [-0.1, -0.05) is 5.16 Å². The molecule has 0 radical (unpaired) electrons. The number of carbonyl (C=O) groups is 1. The van der Waals surface area contributed by atoms with Crippen LogP contribution in [0.2, 0.25) is 0 Å². The lowest BCUT2D eigenvalue weighted by Gasteiger charge is -2.03. The van der Waals surface area contributed by atoms with E-state index in [0.717, 1.165) is 5.56 Å². The first kappa shape index (κ1) is 14.2. The number of carbonyl (C=O) groups excluding carboxylic acids is 1. The van der Waals surface area contributed by atoms with Crippen LogP contribution < -0.4 is 11.1 Å². The van der Waals surface area contributed by atoms with Crippen LogP contribution in [0.25, 0.3) is 5.65 Å². The molecule has 0 saturated heterocycles. The molecule has 1 unspecified atom stereocenters. The topological polar surface area (TPSA) is 111 Å². The SMILES string of the molecule is Cc1nocc1C(=O)NCc1cn2ncc(C(C)N)cc2n1. The number of hydrogen-bond donors (Lipinski definition) is 2. The highest BCUT2D eigenvalue weighted by Gasteiger charge is 2.13. The normalized spacial score (nSPS) is 12.5.